The first-order valence-corrected chi connectivity index (χ1v) is 7.17. The number of aromatic nitrogens is 2. The summed E-state index contributed by atoms with van der Waals surface area (Å²) in [5.74, 6) is 0. The minimum absolute atomic E-state index is 0.00123. The Labute approximate surface area is 112 Å². The third-order valence-corrected chi connectivity index (χ3v) is 4.40. The topological polar surface area (TPSA) is 75.4 Å². The van der Waals surface area contributed by atoms with E-state index in [1.165, 1.54) is 21.4 Å². The lowest BCUT2D eigenvalue weighted by atomic mass is 10.3. The second-order valence-electron chi connectivity index (χ2n) is 3.99. The Balaban J connectivity index is 2.44. The van der Waals surface area contributed by atoms with Gasteiger partial charge in [0.05, 0.1) is 25.0 Å². The van der Waals surface area contributed by atoms with Crippen LogP contribution < -0.4 is 4.31 Å². The highest BCUT2D eigenvalue weighted by atomic mass is 32.2. The zero-order valence-electron chi connectivity index (χ0n) is 10.5. The van der Waals surface area contributed by atoms with Gasteiger partial charge in [-0.3, -0.25) is 8.99 Å². The molecule has 19 heavy (non-hydrogen) atoms. The van der Waals surface area contributed by atoms with Crippen molar-refractivity contribution in [2.24, 2.45) is 7.05 Å². The first-order valence-electron chi connectivity index (χ1n) is 5.73. The smallest absolute Gasteiger partial charge is 0.267 e. The van der Waals surface area contributed by atoms with E-state index in [1.54, 1.807) is 37.4 Å². The van der Waals surface area contributed by atoms with Crippen LogP contribution in [0.15, 0.2) is 47.6 Å². The maximum Gasteiger partial charge on any atom is 0.267 e. The summed E-state index contributed by atoms with van der Waals surface area (Å²) in [6.07, 6.45) is 2.73. The Kier molecular flexibility index (Phi) is 3.87. The number of anilines is 1. The first kappa shape index (κ1) is 13.6. The molecule has 0 unspecified atom stereocenters. The molecule has 2 aromatic rings. The lowest BCUT2D eigenvalue weighted by Gasteiger charge is -2.22. The van der Waals surface area contributed by atoms with E-state index >= 15 is 0 Å². The van der Waals surface area contributed by atoms with E-state index in [1.807, 2.05) is 0 Å². The Hall–Kier alpha value is -1.86. The molecule has 1 aromatic carbocycles. The van der Waals surface area contributed by atoms with Crippen molar-refractivity contribution >= 4 is 15.7 Å². The molecular formula is C12H15N3O3S. The van der Waals surface area contributed by atoms with Crippen LogP contribution in [0.3, 0.4) is 0 Å². The average Bonchev–Trinajstić information content (AvgIpc) is 2.84. The standard InChI is InChI=1S/C12H15N3O3S/c1-14-10-12(9-13-14)19(17,18)15(7-8-16)11-5-3-2-4-6-11/h2-6,9-10,16H,7-8H2,1H3. The zero-order valence-corrected chi connectivity index (χ0v) is 11.3. The largest absolute Gasteiger partial charge is 0.394 e. The number of hydrogen-bond donors (Lipinski definition) is 1. The predicted molar refractivity (Wildman–Crippen MR) is 71.3 cm³/mol. The molecule has 0 aliphatic heterocycles. The molecule has 0 aliphatic rings. The number of hydrogen-bond acceptors (Lipinski definition) is 4. The lowest BCUT2D eigenvalue weighted by molar-refractivity contribution is 0.306. The van der Waals surface area contributed by atoms with Crippen LogP contribution in [-0.4, -0.2) is 36.5 Å². The van der Waals surface area contributed by atoms with Gasteiger partial charge in [-0.2, -0.15) is 5.10 Å². The zero-order chi connectivity index (χ0) is 13.9. The van der Waals surface area contributed by atoms with Crippen molar-refractivity contribution in [2.45, 2.75) is 4.90 Å². The summed E-state index contributed by atoms with van der Waals surface area (Å²) in [4.78, 5) is 0.104. The fourth-order valence-corrected chi connectivity index (χ4v) is 3.17. The number of aryl methyl sites for hydroxylation is 1. The van der Waals surface area contributed by atoms with Gasteiger partial charge in [-0.05, 0) is 12.1 Å². The van der Waals surface area contributed by atoms with Crippen molar-refractivity contribution in [1.29, 1.82) is 0 Å². The highest BCUT2D eigenvalue weighted by molar-refractivity contribution is 7.92. The van der Waals surface area contributed by atoms with Crippen molar-refractivity contribution in [2.75, 3.05) is 17.5 Å². The maximum atomic E-state index is 12.5. The van der Waals surface area contributed by atoms with Crippen molar-refractivity contribution in [3.05, 3.63) is 42.7 Å². The molecular weight excluding hydrogens is 266 g/mol. The van der Waals surface area contributed by atoms with Crippen molar-refractivity contribution in [1.82, 2.24) is 9.78 Å². The van der Waals surface area contributed by atoms with Gasteiger partial charge in [-0.25, -0.2) is 8.42 Å². The molecule has 0 fully saturated rings. The van der Waals surface area contributed by atoms with Gasteiger partial charge in [-0.1, -0.05) is 18.2 Å². The van der Waals surface area contributed by atoms with Crippen LogP contribution in [0.1, 0.15) is 0 Å². The Morgan fingerprint density at radius 3 is 2.53 bits per heavy atom. The molecule has 102 valence electrons. The molecule has 1 aromatic heterocycles. The van der Waals surface area contributed by atoms with Crippen molar-refractivity contribution < 1.29 is 13.5 Å². The van der Waals surface area contributed by atoms with E-state index in [0.29, 0.717) is 5.69 Å². The molecule has 0 aliphatic carbocycles. The maximum absolute atomic E-state index is 12.5. The Morgan fingerprint density at radius 1 is 1.32 bits per heavy atom. The summed E-state index contributed by atoms with van der Waals surface area (Å²) in [7, 11) is -2.05. The first-order chi connectivity index (χ1) is 9.05. The molecule has 0 bridgehead atoms. The van der Waals surface area contributed by atoms with Gasteiger partial charge in [0.1, 0.15) is 4.90 Å². The molecule has 2 rings (SSSR count). The van der Waals surface area contributed by atoms with E-state index in [4.69, 9.17) is 5.11 Å². The summed E-state index contributed by atoms with van der Waals surface area (Å²) < 4.78 is 27.6. The predicted octanol–water partition coefficient (Wildman–Crippen LogP) is 0.608. The molecule has 7 heteroatoms. The van der Waals surface area contributed by atoms with Crippen LogP contribution in [0.4, 0.5) is 5.69 Å². The van der Waals surface area contributed by atoms with E-state index < -0.39 is 10.0 Å². The van der Waals surface area contributed by atoms with Gasteiger partial charge in [-0.15, -0.1) is 0 Å². The molecule has 0 atom stereocenters. The summed E-state index contributed by atoms with van der Waals surface area (Å²) in [5, 5.41) is 13.0. The van der Waals surface area contributed by atoms with E-state index in [9.17, 15) is 8.42 Å². The molecule has 6 nitrogen and oxygen atoms in total. The third kappa shape index (κ3) is 2.77. The lowest BCUT2D eigenvalue weighted by Crippen LogP contribution is -2.33. The normalized spacial score (nSPS) is 11.5. The van der Waals surface area contributed by atoms with E-state index in [2.05, 4.69) is 5.10 Å². The van der Waals surface area contributed by atoms with Gasteiger partial charge in [0, 0.05) is 13.2 Å². The molecule has 1 N–H and O–H groups in total. The third-order valence-electron chi connectivity index (χ3n) is 2.62. The molecule has 0 saturated carbocycles. The summed E-state index contributed by atoms with van der Waals surface area (Å²) in [6, 6.07) is 8.67. The number of nitrogens with zero attached hydrogens (tertiary/aromatic N) is 3. The van der Waals surface area contributed by atoms with Gasteiger partial charge in [0.25, 0.3) is 10.0 Å². The summed E-state index contributed by atoms with van der Waals surface area (Å²) in [5.41, 5.74) is 0.514. The van der Waals surface area contributed by atoms with Gasteiger partial charge >= 0.3 is 0 Å². The fourth-order valence-electron chi connectivity index (χ4n) is 1.73. The van der Waals surface area contributed by atoms with Gasteiger partial charge in [0.2, 0.25) is 0 Å². The molecule has 0 radical (unpaired) electrons. The fraction of sp³-hybridized carbons (Fsp3) is 0.250. The van der Waals surface area contributed by atoms with Crippen LogP contribution >= 0.6 is 0 Å². The van der Waals surface area contributed by atoms with Gasteiger partial charge < -0.3 is 5.11 Å². The van der Waals surface area contributed by atoms with E-state index in [-0.39, 0.29) is 18.0 Å². The molecule has 0 saturated heterocycles. The van der Waals surface area contributed by atoms with Crippen LogP contribution in [0.25, 0.3) is 0 Å². The average molecular weight is 281 g/mol. The number of rotatable bonds is 5. The van der Waals surface area contributed by atoms with Crippen LogP contribution in [0, 0.1) is 0 Å². The summed E-state index contributed by atoms with van der Waals surface area (Å²) in [6.45, 7) is -0.254. The number of para-hydroxylation sites is 1. The quantitative estimate of drug-likeness (QED) is 0.871. The number of aliphatic hydroxyl groups excluding tert-OH is 1. The highest BCUT2D eigenvalue weighted by Gasteiger charge is 2.25. The Morgan fingerprint density at radius 2 is 2.00 bits per heavy atom. The van der Waals surface area contributed by atoms with Crippen LogP contribution in [0.5, 0.6) is 0 Å². The minimum Gasteiger partial charge on any atom is -0.394 e. The summed E-state index contributed by atoms with van der Waals surface area (Å²) >= 11 is 0. The SMILES string of the molecule is Cn1cc(S(=O)(=O)N(CCO)c2ccccc2)cn1. The molecule has 1 heterocycles. The number of benzene rings is 1. The van der Waals surface area contributed by atoms with Crippen LogP contribution in [0.2, 0.25) is 0 Å². The Bertz CT molecular complexity index is 637. The van der Waals surface area contributed by atoms with E-state index in [0.717, 1.165) is 0 Å². The molecule has 0 amide bonds. The van der Waals surface area contributed by atoms with Crippen molar-refractivity contribution in [3.8, 4) is 0 Å². The second-order valence-corrected chi connectivity index (χ2v) is 5.85. The number of sulfonamides is 1. The molecule has 0 spiro atoms. The van der Waals surface area contributed by atoms with Crippen molar-refractivity contribution in [3.63, 3.8) is 0 Å². The highest BCUT2D eigenvalue weighted by Crippen LogP contribution is 2.22. The number of aliphatic hydroxyl groups is 1. The second kappa shape index (κ2) is 5.41. The minimum atomic E-state index is -3.71. The monoisotopic (exact) mass is 281 g/mol. The van der Waals surface area contributed by atoms with Gasteiger partial charge in [0.15, 0.2) is 0 Å². The van der Waals surface area contributed by atoms with Crippen LogP contribution in [-0.2, 0) is 17.1 Å².